The maximum atomic E-state index is 13.6. The Morgan fingerprint density at radius 3 is 2.93 bits per heavy atom. The highest BCUT2D eigenvalue weighted by Crippen LogP contribution is 2.40. The van der Waals surface area contributed by atoms with Crippen LogP contribution in [-0.4, -0.2) is 57.9 Å². The van der Waals surface area contributed by atoms with Gasteiger partial charge in [0.25, 0.3) is 5.91 Å². The minimum atomic E-state index is -0.510. The van der Waals surface area contributed by atoms with Gasteiger partial charge in [0.15, 0.2) is 0 Å². The van der Waals surface area contributed by atoms with Crippen molar-refractivity contribution in [1.29, 1.82) is 0 Å². The SMILES string of the molecule is COc1cc(-c2nn3c4c(cnc(N)c24)/C=C/CCOCCC(=O)N[C@@H]2CCC[C@@H]3C2)ccc1C(=O)Nc1cc(F)ccn1. The Bertz CT molecular complexity index is 1740. The first-order valence-electron chi connectivity index (χ1n) is 14.7. The smallest absolute Gasteiger partial charge is 0.260 e. The maximum Gasteiger partial charge on any atom is 0.260 e. The fourth-order valence-corrected chi connectivity index (χ4v) is 5.94. The number of pyridine rings is 2. The zero-order chi connectivity index (χ0) is 30.6. The molecule has 4 heterocycles. The summed E-state index contributed by atoms with van der Waals surface area (Å²) in [7, 11) is 1.47. The Kier molecular flexibility index (Phi) is 8.51. The number of carbonyl (C=O) groups is 2. The number of methoxy groups -OCH3 is 1. The highest BCUT2D eigenvalue weighted by Gasteiger charge is 2.29. The molecule has 0 radical (unpaired) electrons. The minimum absolute atomic E-state index is 0.00869. The molecular formula is C32H34FN7O4. The number of nitrogen functional groups attached to an aromatic ring is 1. The van der Waals surface area contributed by atoms with Gasteiger partial charge in [-0.3, -0.25) is 14.3 Å². The van der Waals surface area contributed by atoms with Gasteiger partial charge in [0.05, 0.1) is 42.8 Å². The number of aromatic nitrogens is 4. The molecular weight excluding hydrogens is 565 g/mol. The van der Waals surface area contributed by atoms with Crippen LogP contribution >= 0.6 is 0 Å². The lowest BCUT2D eigenvalue weighted by atomic mass is 9.90. The summed E-state index contributed by atoms with van der Waals surface area (Å²) in [6.45, 7) is 0.890. The number of hydrogen-bond acceptors (Lipinski definition) is 8. The van der Waals surface area contributed by atoms with E-state index in [9.17, 15) is 14.0 Å². The van der Waals surface area contributed by atoms with Crippen LogP contribution in [0.4, 0.5) is 16.0 Å². The van der Waals surface area contributed by atoms with Crippen LogP contribution in [0.15, 0.2) is 48.8 Å². The molecule has 6 rings (SSSR count). The second kappa shape index (κ2) is 12.8. The highest BCUT2D eigenvalue weighted by atomic mass is 19.1. The van der Waals surface area contributed by atoms with Gasteiger partial charge in [-0.15, -0.1) is 0 Å². The zero-order valence-corrected chi connectivity index (χ0v) is 24.4. The van der Waals surface area contributed by atoms with Crippen LogP contribution in [-0.2, 0) is 9.53 Å². The van der Waals surface area contributed by atoms with E-state index in [-0.39, 0.29) is 29.4 Å². The molecule has 0 saturated heterocycles. The van der Waals surface area contributed by atoms with E-state index in [1.54, 1.807) is 24.4 Å². The summed E-state index contributed by atoms with van der Waals surface area (Å²) in [6, 6.07) is 7.52. The van der Waals surface area contributed by atoms with Crippen LogP contribution in [0.25, 0.3) is 28.2 Å². The van der Waals surface area contributed by atoms with Crippen molar-refractivity contribution in [3.05, 3.63) is 65.7 Å². The van der Waals surface area contributed by atoms with Crippen molar-refractivity contribution in [2.24, 2.45) is 0 Å². The third-order valence-electron chi connectivity index (χ3n) is 8.02. The summed E-state index contributed by atoms with van der Waals surface area (Å²) < 4.78 is 27.0. The largest absolute Gasteiger partial charge is 0.496 e. The van der Waals surface area contributed by atoms with E-state index < -0.39 is 11.7 Å². The third kappa shape index (κ3) is 6.11. The average molecular weight is 600 g/mol. The highest BCUT2D eigenvalue weighted by molar-refractivity contribution is 6.07. The van der Waals surface area contributed by atoms with Gasteiger partial charge in [-0.1, -0.05) is 18.2 Å². The number of carbonyl (C=O) groups excluding carboxylic acids is 2. The quantitative estimate of drug-likeness (QED) is 0.300. The van der Waals surface area contributed by atoms with Gasteiger partial charge < -0.3 is 25.8 Å². The molecule has 0 unspecified atom stereocenters. The number of amides is 2. The molecule has 1 aliphatic carbocycles. The van der Waals surface area contributed by atoms with Gasteiger partial charge in [0.2, 0.25) is 5.91 Å². The molecule has 2 amide bonds. The van der Waals surface area contributed by atoms with Crippen molar-refractivity contribution in [2.75, 3.05) is 31.4 Å². The van der Waals surface area contributed by atoms with Crippen molar-refractivity contribution in [2.45, 2.75) is 50.6 Å². The van der Waals surface area contributed by atoms with Crippen LogP contribution in [0.2, 0.25) is 0 Å². The molecule has 2 atom stereocenters. The molecule has 12 heteroatoms. The van der Waals surface area contributed by atoms with Gasteiger partial charge in [-0.2, -0.15) is 5.10 Å². The Labute approximate surface area is 253 Å². The van der Waals surface area contributed by atoms with E-state index in [4.69, 9.17) is 20.3 Å². The summed E-state index contributed by atoms with van der Waals surface area (Å²) in [5, 5.41) is 11.6. The van der Waals surface area contributed by atoms with E-state index in [1.165, 1.54) is 19.4 Å². The van der Waals surface area contributed by atoms with Crippen LogP contribution in [0, 0.1) is 5.82 Å². The summed E-state index contributed by atoms with van der Waals surface area (Å²) in [4.78, 5) is 34.2. The number of nitrogens with one attached hydrogen (secondary N) is 2. The van der Waals surface area contributed by atoms with Crippen LogP contribution in [0.3, 0.4) is 0 Å². The molecule has 1 saturated carbocycles. The fraction of sp³-hybridized carbons (Fsp3) is 0.344. The van der Waals surface area contributed by atoms with Gasteiger partial charge in [-0.05, 0) is 50.3 Å². The molecule has 11 nitrogen and oxygen atoms in total. The molecule has 4 N–H and O–H groups in total. The number of hydrogen-bond donors (Lipinski definition) is 3. The first kappa shape index (κ1) is 29.2. The van der Waals surface area contributed by atoms with Crippen LogP contribution < -0.4 is 21.1 Å². The molecule has 1 aromatic carbocycles. The Hall–Kier alpha value is -4.84. The molecule has 4 aromatic rings. The normalized spacial score (nSPS) is 19.8. The predicted molar refractivity (Wildman–Crippen MR) is 165 cm³/mol. The molecule has 1 fully saturated rings. The molecule has 2 aliphatic rings. The lowest BCUT2D eigenvalue weighted by molar-refractivity contribution is -0.123. The van der Waals surface area contributed by atoms with Crippen molar-refractivity contribution in [1.82, 2.24) is 25.1 Å². The number of fused-ring (bicyclic) bond motifs is 3. The third-order valence-corrected chi connectivity index (χ3v) is 8.02. The van der Waals surface area contributed by atoms with E-state index in [0.29, 0.717) is 54.3 Å². The van der Waals surface area contributed by atoms with Crippen molar-refractivity contribution < 1.29 is 23.5 Å². The molecule has 228 valence electrons. The van der Waals surface area contributed by atoms with Crippen molar-refractivity contribution >= 4 is 40.4 Å². The zero-order valence-electron chi connectivity index (χ0n) is 24.4. The lowest BCUT2D eigenvalue weighted by Gasteiger charge is -2.30. The first-order chi connectivity index (χ1) is 21.4. The Morgan fingerprint density at radius 1 is 1.20 bits per heavy atom. The number of rotatable bonds is 4. The van der Waals surface area contributed by atoms with E-state index >= 15 is 0 Å². The number of anilines is 2. The second-order valence-corrected chi connectivity index (χ2v) is 11.0. The van der Waals surface area contributed by atoms with Crippen LogP contribution in [0.5, 0.6) is 5.75 Å². The molecule has 3 aromatic heterocycles. The monoisotopic (exact) mass is 599 g/mol. The van der Waals surface area contributed by atoms with E-state index in [1.807, 2.05) is 16.8 Å². The Morgan fingerprint density at radius 2 is 2.09 bits per heavy atom. The van der Waals surface area contributed by atoms with Crippen LogP contribution in [0.1, 0.15) is 60.5 Å². The first-order valence-corrected chi connectivity index (χ1v) is 14.7. The molecule has 0 spiro atoms. The van der Waals surface area contributed by atoms with Gasteiger partial charge in [-0.25, -0.2) is 14.4 Å². The number of nitrogens with zero attached hydrogens (tertiary/aromatic N) is 4. The number of ether oxygens (including phenoxy) is 2. The molecule has 1 aliphatic heterocycles. The maximum absolute atomic E-state index is 13.6. The Balaban J connectivity index is 1.43. The van der Waals surface area contributed by atoms with Gasteiger partial charge in [0, 0.05) is 42.0 Å². The van der Waals surface area contributed by atoms with E-state index in [2.05, 4.69) is 20.6 Å². The lowest BCUT2D eigenvalue weighted by Crippen LogP contribution is -2.39. The average Bonchev–Trinajstić information content (AvgIpc) is 3.43. The summed E-state index contributed by atoms with van der Waals surface area (Å²) in [5.41, 5.74) is 9.80. The summed E-state index contributed by atoms with van der Waals surface area (Å²) in [5.74, 6) is -0.295. The van der Waals surface area contributed by atoms with Crippen molar-refractivity contribution in [3.63, 3.8) is 0 Å². The number of benzene rings is 1. The standard InChI is InChI=1S/C32H34FN7O4/c1-43-25-15-19(8-9-24(25)32(42)38-26-16-21(33)10-12-35-26)29-28-30-20(18-36-31(28)34)5-2-3-13-44-14-11-27(41)37-22-6-4-7-23(17-22)40(30)39-29/h2,5,8-10,12,15-16,18,22-23H,3-4,6-7,11,13-14,17H2,1H3,(H2,34,36)(H,37,41)(H,35,38,42)/b5-2+/t22-,23-/m1/s1. The number of halogens is 1. The summed E-state index contributed by atoms with van der Waals surface area (Å²) >= 11 is 0. The number of nitrogens with two attached hydrogens (primary N) is 1. The van der Waals surface area contributed by atoms with Gasteiger partial charge in [0.1, 0.15) is 28.9 Å². The minimum Gasteiger partial charge on any atom is -0.496 e. The summed E-state index contributed by atoms with van der Waals surface area (Å²) in [6.07, 6.45) is 11.5. The fourth-order valence-electron chi connectivity index (χ4n) is 5.94. The molecule has 2 bridgehead atoms. The molecule has 44 heavy (non-hydrogen) atoms. The second-order valence-electron chi connectivity index (χ2n) is 11.0. The topological polar surface area (TPSA) is 146 Å². The van der Waals surface area contributed by atoms with E-state index in [0.717, 1.165) is 42.8 Å². The van der Waals surface area contributed by atoms with Crippen molar-refractivity contribution in [3.8, 4) is 17.0 Å². The predicted octanol–water partition coefficient (Wildman–Crippen LogP) is 4.90. The van der Waals surface area contributed by atoms with Gasteiger partial charge >= 0.3 is 0 Å².